The van der Waals surface area contributed by atoms with Crippen LogP contribution in [-0.4, -0.2) is 22.0 Å². The first-order valence-electron chi connectivity index (χ1n) is 12.1. The molecule has 4 nitrogen and oxygen atoms in total. The lowest BCUT2D eigenvalue weighted by atomic mass is 9.95. The zero-order valence-electron chi connectivity index (χ0n) is 19.3. The summed E-state index contributed by atoms with van der Waals surface area (Å²) in [5.74, 6) is 0. The van der Waals surface area contributed by atoms with E-state index >= 15 is 0 Å². The Kier molecular flexibility index (Phi) is 7.06. The molecule has 4 rings (SSSR count). The average molecular weight is 417 g/mol. The number of fused-ring (bicyclic) bond motifs is 5. The summed E-state index contributed by atoms with van der Waals surface area (Å²) in [4.78, 5) is 2.36. The number of unbranched alkanes of at least 4 members (excludes halogenated alkanes) is 4. The Hall–Kier alpha value is -2.62. The van der Waals surface area contributed by atoms with Gasteiger partial charge in [0.15, 0.2) is 0 Å². The third-order valence-corrected chi connectivity index (χ3v) is 6.57. The minimum atomic E-state index is 0.402. The van der Waals surface area contributed by atoms with E-state index in [0.29, 0.717) is 6.04 Å². The summed E-state index contributed by atoms with van der Waals surface area (Å²) in [5.41, 5.74) is 7.24. The van der Waals surface area contributed by atoms with Gasteiger partial charge in [-0.3, -0.25) is 0 Å². The van der Waals surface area contributed by atoms with Gasteiger partial charge in [0.1, 0.15) is 5.69 Å². The van der Waals surface area contributed by atoms with Crippen molar-refractivity contribution in [2.75, 3.05) is 11.9 Å². The molecule has 0 amide bonds. The molecular weight excluding hydrogens is 380 g/mol. The fraction of sp³-hybridized carbons (Fsp3) is 0.481. The number of benzene rings is 2. The fourth-order valence-corrected chi connectivity index (χ4v) is 4.87. The third-order valence-electron chi connectivity index (χ3n) is 6.57. The van der Waals surface area contributed by atoms with E-state index in [1.165, 1.54) is 79.4 Å². The molecule has 0 fully saturated rings. The van der Waals surface area contributed by atoms with E-state index in [9.17, 15) is 0 Å². The van der Waals surface area contributed by atoms with Crippen LogP contribution in [0.15, 0.2) is 48.5 Å². The molecule has 31 heavy (non-hydrogen) atoms. The van der Waals surface area contributed by atoms with Crippen molar-refractivity contribution in [1.29, 1.82) is 0 Å². The van der Waals surface area contributed by atoms with Crippen LogP contribution in [-0.2, 0) is 6.54 Å². The highest BCUT2D eigenvalue weighted by atomic mass is 15.4. The topological polar surface area (TPSA) is 34.0 Å². The number of hydrogen-bond donors (Lipinski definition) is 0. The van der Waals surface area contributed by atoms with Gasteiger partial charge in [0.05, 0.1) is 11.7 Å². The monoisotopic (exact) mass is 416 g/mol. The first kappa shape index (κ1) is 21.6. The fourth-order valence-electron chi connectivity index (χ4n) is 4.87. The van der Waals surface area contributed by atoms with Gasteiger partial charge in [0.25, 0.3) is 0 Å². The molecule has 0 radical (unpaired) electrons. The quantitative estimate of drug-likeness (QED) is 0.344. The van der Waals surface area contributed by atoms with Gasteiger partial charge >= 0.3 is 0 Å². The Bertz CT molecular complexity index is 980. The molecule has 0 spiro atoms. The van der Waals surface area contributed by atoms with Crippen molar-refractivity contribution in [3.8, 4) is 22.5 Å². The van der Waals surface area contributed by atoms with E-state index in [1.807, 2.05) is 0 Å². The summed E-state index contributed by atoms with van der Waals surface area (Å²) in [5, 5.41) is 9.61. The highest BCUT2D eigenvalue weighted by Gasteiger charge is 2.27. The second kappa shape index (κ2) is 10.1. The van der Waals surface area contributed by atoms with Crippen LogP contribution in [0.25, 0.3) is 22.5 Å². The second-order valence-corrected chi connectivity index (χ2v) is 8.91. The second-order valence-electron chi connectivity index (χ2n) is 8.91. The highest BCUT2D eigenvalue weighted by molar-refractivity contribution is 5.88. The van der Waals surface area contributed by atoms with E-state index < -0.39 is 0 Å². The predicted molar refractivity (Wildman–Crippen MR) is 130 cm³/mol. The van der Waals surface area contributed by atoms with Gasteiger partial charge in [-0.1, -0.05) is 100 Å². The minimum absolute atomic E-state index is 0.402. The van der Waals surface area contributed by atoms with Gasteiger partial charge in [0.2, 0.25) is 0 Å². The minimum Gasteiger partial charge on any atom is -0.370 e. The normalized spacial score (nSPS) is 12.8. The zero-order chi connectivity index (χ0) is 21.6. The van der Waals surface area contributed by atoms with Gasteiger partial charge in [-0.2, -0.15) is 0 Å². The molecule has 0 unspecified atom stereocenters. The van der Waals surface area contributed by atoms with Gasteiger partial charge < -0.3 is 4.90 Å². The molecule has 0 saturated heterocycles. The van der Waals surface area contributed by atoms with Crippen LogP contribution in [0.5, 0.6) is 0 Å². The molecular formula is C27H36N4. The molecule has 0 saturated carbocycles. The molecule has 0 atom stereocenters. The first-order chi connectivity index (χ1) is 15.2. The van der Waals surface area contributed by atoms with Crippen LogP contribution < -0.4 is 4.90 Å². The summed E-state index contributed by atoms with van der Waals surface area (Å²) >= 11 is 0. The van der Waals surface area contributed by atoms with Crippen molar-refractivity contribution < 1.29 is 0 Å². The maximum atomic E-state index is 4.81. The molecule has 0 N–H and O–H groups in total. The van der Waals surface area contributed by atoms with Gasteiger partial charge in [-0.05, 0) is 24.5 Å². The smallest absolute Gasteiger partial charge is 0.121 e. The number of aromatic nitrogens is 3. The summed E-state index contributed by atoms with van der Waals surface area (Å²) in [7, 11) is 2.19. The lowest BCUT2D eigenvalue weighted by Gasteiger charge is -2.28. The first-order valence-corrected chi connectivity index (χ1v) is 12.1. The van der Waals surface area contributed by atoms with Crippen molar-refractivity contribution >= 4 is 5.69 Å². The van der Waals surface area contributed by atoms with Crippen molar-refractivity contribution in [1.82, 2.24) is 15.0 Å². The Morgan fingerprint density at radius 1 is 0.839 bits per heavy atom. The highest BCUT2D eigenvalue weighted by Crippen LogP contribution is 2.42. The van der Waals surface area contributed by atoms with Gasteiger partial charge in [0, 0.05) is 30.4 Å². The van der Waals surface area contributed by atoms with Crippen LogP contribution in [0.1, 0.15) is 76.8 Å². The van der Waals surface area contributed by atoms with Crippen LogP contribution in [0.3, 0.4) is 0 Å². The van der Waals surface area contributed by atoms with Gasteiger partial charge in [-0.25, -0.2) is 4.68 Å². The molecule has 2 aromatic carbocycles. The lowest BCUT2D eigenvalue weighted by molar-refractivity contribution is 0.367. The van der Waals surface area contributed by atoms with Crippen molar-refractivity contribution in [3.63, 3.8) is 0 Å². The van der Waals surface area contributed by atoms with E-state index in [-0.39, 0.29) is 0 Å². The number of hydrogen-bond acceptors (Lipinski definition) is 3. The molecule has 4 heteroatoms. The Labute approximate surface area is 187 Å². The van der Waals surface area contributed by atoms with Crippen molar-refractivity contribution in [3.05, 3.63) is 54.1 Å². The van der Waals surface area contributed by atoms with E-state index in [4.69, 9.17) is 10.3 Å². The number of para-hydroxylation sites is 1. The van der Waals surface area contributed by atoms with E-state index in [2.05, 4.69) is 79.0 Å². The van der Waals surface area contributed by atoms with E-state index in [1.54, 1.807) is 0 Å². The SMILES string of the molecule is CCCCCC(CCCCC)n1nnc2c1-c1ccccc1N(C)Cc1ccccc1-2. The van der Waals surface area contributed by atoms with Crippen molar-refractivity contribution in [2.45, 2.75) is 77.8 Å². The molecule has 3 aromatic rings. The van der Waals surface area contributed by atoms with Crippen LogP contribution in [0.2, 0.25) is 0 Å². The third kappa shape index (κ3) is 4.53. The Morgan fingerprint density at radius 2 is 1.48 bits per heavy atom. The Morgan fingerprint density at radius 3 is 2.19 bits per heavy atom. The lowest BCUT2D eigenvalue weighted by Crippen LogP contribution is -2.20. The number of anilines is 1. The van der Waals surface area contributed by atoms with Gasteiger partial charge in [-0.15, -0.1) is 5.10 Å². The van der Waals surface area contributed by atoms with Crippen LogP contribution in [0.4, 0.5) is 5.69 Å². The summed E-state index contributed by atoms with van der Waals surface area (Å²) in [6.07, 6.45) is 9.91. The molecule has 0 aliphatic carbocycles. The maximum Gasteiger partial charge on any atom is 0.121 e. The predicted octanol–water partition coefficient (Wildman–Crippen LogP) is 7.26. The van der Waals surface area contributed by atoms with Crippen LogP contribution in [0, 0.1) is 0 Å². The Balaban J connectivity index is 1.85. The summed E-state index contributed by atoms with van der Waals surface area (Å²) in [6.45, 7) is 5.43. The molecule has 1 aromatic heterocycles. The van der Waals surface area contributed by atoms with E-state index in [0.717, 1.165) is 12.2 Å². The number of rotatable bonds is 9. The summed E-state index contributed by atoms with van der Waals surface area (Å²) in [6, 6.07) is 17.8. The number of nitrogens with zero attached hydrogens (tertiary/aromatic N) is 4. The van der Waals surface area contributed by atoms with Crippen molar-refractivity contribution in [2.24, 2.45) is 0 Å². The largest absolute Gasteiger partial charge is 0.370 e. The molecule has 1 aliphatic rings. The average Bonchev–Trinajstić information content (AvgIpc) is 3.22. The van der Waals surface area contributed by atoms with Crippen LogP contribution >= 0.6 is 0 Å². The zero-order valence-corrected chi connectivity index (χ0v) is 19.3. The summed E-state index contributed by atoms with van der Waals surface area (Å²) < 4.78 is 2.27. The standard InChI is InChI=1S/C27H36N4/c1-4-6-8-15-22(16-9-7-5-2)31-27-24-18-12-13-19-25(24)30(3)20-21-14-10-11-17-23(21)26(27)28-29-31/h10-14,17-19,22H,4-9,15-16,20H2,1-3H3. The maximum absolute atomic E-state index is 4.81. The molecule has 164 valence electrons. The molecule has 2 heterocycles. The molecule has 0 bridgehead atoms. The molecule has 1 aliphatic heterocycles.